The molecule has 1 saturated carbocycles. The minimum atomic E-state index is -1.17. The highest BCUT2D eigenvalue weighted by molar-refractivity contribution is 6.01. The summed E-state index contributed by atoms with van der Waals surface area (Å²) in [5.74, 6) is -0.930. The maximum atomic E-state index is 15.7. The minimum Gasteiger partial charge on any atom is -0.465 e. The van der Waals surface area contributed by atoms with Crippen molar-refractivity contribution in [3.8, 4) is 0 Å². The molecule has 5 rings (SSSR count). The van der Waals surface area contributed by atoms with Crippen LogP contribution in [-0.4, -0.2) is 58.6 Å². The molecule has 3 aliphatic rings. The van der Waals surface area contributed by atoms with Crippen LogP contribution in [0, 0.1) is 17.7 Å². The first-order valence-electron chi connectivity index (χ1n) is 13.8. The van der Waals surface area contributed by atoms with Crippen molar-refractivity contribution in [1.82, 2.24) is 15.1 Å². The number of carbonyl (C=O) groups excluding carboxylic acids is 2. The van der Waals surface area contributed by atoms with Crippen molar-refractivity contribution in [1.29, 1.82) is 0 Å². The molecule has 11 heteroatoms. The Balaban J connectivity index is 1.42. The van der Waals surface area contributed by atoms with E-state index in [1.807, 2.05) is 6.92 Å². The van der Waals surface area contributed by atoms with Gasteiger partial charge in [-0.15, -0.1) is 0 Å². The standard InChI is InChI=1S/C28H36FN5O5/c1-3-34-21(8-11-30-34)25(35)32-24(18-6-4-17(2)5-7-18)26(36)31-19-14-20(29)23-22(15-19)33(27(37)38)16-28(23)9-12-39-13-10-28/h8,11,14-15,17-18,24H,3-7,9-10,12-13,16H2,1-2H3,(H,31,36)(H,32,35)(H,37,38). The van der Waals surface area contributed by atoms with Gasteiger partial charge >= 0.3 is 6.09 Å². The van der Waals surface area contributed by atoms with E-state index in [1.165, 1.54) is 12.1 Å². The van der Waals surface area contributed by atoms with Crippen molar-refractivity contribution in [2.45, 2.75) is 70.4 Å². The number of nitrogens with zero attached hydrogens (tertiary/aromatic N) is 3. The summed E-state index contributed by atoms with van der Waals surface area (Å²) in [6.07, 6.45) is 4.88. The summed E-state index contributed by atoms with van der Waals surface area (Å²) in [7, 11) is 0. The predicted molar refractivity (Wildman–Crippen MR) is 142 cm³/mol. The minimum absolute atomic E-state index is 0.0801. The maximum absolute atomic E-state index is 15.7. The second-order valence-corrected chi connectivity index (χ2v) is 11.1. The van der Waals surface area contributed by atoms with E-state index in [2.05, 4.69) is 22.7 Å². The molecule has 10 nitrogen and oxygen atoms in total. The molecular weight excluding hydrogens is 505 g/mol. The Morgan fingerprint density at radius 1 is 1.21 bits per heavy atom. The lowest BCUT2D eigenvalue weighted by Crippen LogP contribution is -2.49. The number of carboxylic acid groups (broad SMARTS) is 1. The first-order chi connectivity index (χ1) is 18.7. The summed E-state index contributed by atoms with van der Waals surface area (Å²) in [4.78, 5) is 40.1. The molecule has 3 N–H and O–H groups in total. The Labute approximate surface area is 226 Å². The number of rotatable bonds is 6. The molecule has 1 saturated heterocycles. The highest BCUT2D eigenvalue weighted by atomic mass is 19.1. The predicted octanol–water partition coefficient (Wildman–Crippen LogP) is 4.15. The van der Waals surface area contributed by atoms with E-state index >= 15 is 4.39 Å². The molecule has 2 aliphatic heterocycles. The Kier molecular flexibility index (Phi) is 7.61. The molecule has 2 fully saturated rings. The number of hydrogen-bond donors (Lipinski definition) is 3. The van der Waals surface area contributed by atoms with Crippen molar-refractivity contribution in [3.63, 3.8) is 0 Å². The number of amides is 3. The molecule has 1 aromatic carbocycles. The normalized spacial score (nSPS) is 22.8. The fourth-order valence-electron chi connectivity index (χ4n) is 6.44. The molecule has 1 aromatic heterocycles. The van der Waals surface area contributed by atoms with Gasteiger partial charge in [-0.1, -0.05) is 19.8 Å². The molecule has 1 unspecified atom stereocenters. The van der Waals surface area contributed by atoms with Gasteiger partial charge in [0.1, 0.15) is 17.6 Å². The van der Waals surface area contributed by atoms with Gasteiger partial charge in [0.15, 0.2) is 0 Å². The quantitative estimate of drug-likeness (QED) is 0.505. The SMILES string of the molecule is CCn1nccc1C(=O)NC(C(=O)Nc1cc(F)c2c(c1)N(C(=O)O)CC21CCOCC1)C1CCC(C)CC1. The number of fused-ring (bicyclic) bond motifs is 2. The lowest BCUT2D eigenvalue weighted by molar-refractivity contribution is -0.119. The smallest absolute Gasteiger partial charge is 0.411 e. The van der Waals surface area contributed by atoms with Gasteiger partial charge in [-0.25, -0.2) is 9.18 Å². The second-order valence-electron chi connectivity index (χ2n) is 11.1. The van der Waals surface area contributed by atoms with Gasteiger partial charge in [-0.2, -0.15) is 5.10 Å². The number of carbonyl (C=O) groups is 3. The molecule has 210 valence electrons. The van der Waals surface area contributed by atoms with Crippen LogP contribution in [0.25, 0.3) is 0 Å². The van der Waals surface area contributed by atoms with Crippen LogP contribution in [0.1, 0.15) is 68.4 Å². The number of aryl methyl sites for hydroxylation is 1. The molecular formula is C28H36FN5O5. The lowest BCUT2D eigenvalue weighted by atomic mass is 9.75. The van der Waals surface area contributed by atoms with Crippen LogP contribution in [-0.2, 0) is 21.5 Å². The van der Waals surface area contributed by atoms with Gasteiger partial charge < -0.3 is 20.5 Å². The van der Waals surface area contributed by atoms with Crippen molar-refractivity contribution in [3.05, 3.63) is 41.5 Å². The van der Waals surface area contributed by atoms with Gasteiger partial charge in [0.2, 0.25) is 5.91 Å². The van der Waals surface area contributed by atoms with E-state index < -0.39 is 35.2 Å². The van der Waals surface area contributed by atoms with Crippen molar-refractivity contribution in [2.75, 3.05) is 30.0 Å². The fraction of sp³-hybridized carbons (Fsp3) is 0.571. The van der Waals surface area contributed by atoms with Crippen LogP contribution in [0.5, 0.6) is 0 Å². The van der Waals surface area contributed by atoms with Gasteiger partial charge in [0.05, 0.1) is 5.69 Å². The zero-order valence-corrected chi connectivity index (χ0v) is 22.4. The lowest BCUT2D eigenvalue weighted by Gasteiger charge is -2.34. The molecule has 3 amide bonds. The third kappa shape index (κ3) is 5.24. The molecule has 0 radical (unpaired) electrons. The van der Waals surface area contributed by atoms with Gasteiger partial charge in [0, 0.05) is 49.2 Å². The first-order valence-corrected chi connectivity index (χ1v) is 13.8. The summed E-state index contributed by atoms with van der Waals surface area (Å²) in [5, 5.41) is 19.7. The molecule has 1 spiro atoms. The molecule has 2 aromatic rings. The molecule has 39 heavy (non-hydrogen) atoms. The zero-order valence-electron chi connectivity index (χ0n) is 22.4. The van der Waals surface area contributed by atoms with Crippen LogP contribution in [0.15, 0.2) is 24.4 Å². The van der Waals surface area contributed by atoms with E-state index in [0.29, 0.717) is 49.8 Å². The number of benzene rings is 1. The topological polar surface area (TPSA) is 126 Å². The third-order valence-electron chi connectivity index (χ3n) is 8.65. The number of ether oxygens (including phenoxy) is 1. The van der Waals surface area contributed by atoms with Crippen LogP contribution < -0.4 is 15.5 Å². The van der Waals surface area contributed by atoms with Crippen LogP contribution in [0.3, 0.4) is 0 Å². The maximum Gasteiger partial charge on any atom is 0.411 e. The largest absolute Gasteiger partial charge is 0.465 e. The van der Waals surface area contributed by atoms with Crippen LogP contribution >= 0.6 is 0 Å². The van der Waals surface area contributed by atoms with Gasteiger partial charge in [-0.3, -0.25) is 19.2 Å². The monoisotopic (exact) mass is 541 g/mol. The summed E-state index contributed by atoms with van der Waals surface area (Å²) >= 11 is 0. The average molecular weight is 542 g/mol. The average Bonchev–Trinajstić information content (AvgIpc) is 3.51. The van der Waals surface area contributed by atoms with E-state index in [1.54, 1.807) is 16.9 Å². The van der Waals surface area contributed by atoms with Crippen LogP contribution in [0.2, 0.25) is 0 Å². The summed E-state index contributed by atoms with van der Waals surface area (Å²) < 4.78 is 22.7. The van der Waals surface area contributed by atoms with Crippen molar-refractivity contribution >= 4 is 29.3 Å². The molecule has 0 bridgehead atoms. The number of nitrogens with one attached hydrogen (secondary N) is 2. The Bertz CT molecular complexity index is 1250. The van der Waals surface area contributed by atoms with E-state index in [-0.39, 0.29) is 23.8 Å². The molecule has 3 heterocycles. The van der Waals surface area contributed by atoms with Gasteiger partial charge in [0.25, 0.3) is 5.91 Å². The van der Waals surface area contributed by atoms with E-state index in [0.717, 1.165) is 30.6 Å². The van der Waals surface area contributed by atoms with Crippen molar-refractivity contribution in [2.24, 2.45) is 11.8 Å². The Hall–Kier alpha value is -3.47. The highest BCUT2D eigenvalue weighted by Crippen LogP contribution is 2.49. The number of aromatic nitrogens is 2. The van der Waals surface area contributed by atoms with E-state index in [9.17, 15) is 19.5 Å². The van der Waals surface area contributed by atoms with Gasteiger partial charge in [-0.05, 0) is 62.6 Å². The third-order valence-corrected chi connectivity index (χ3v) is 8.65. The fourth-order valence-corrected chi connectivity index (χ4v) is 6.44. The zero-order chi connectivity index (χ0) is 27.7. The van der Waals surface area contributed by atoms with Crippen molar-refractivity contribution < 1.29 is 28.6 Å². The Morgan fingerprint density at radius 3 is 2.59 bits per heavy atom. The second kappa shape index (κ2) is 11.0. The Morgan fingerprint density at radius 2 is 1.92 bits per heavy atom. The number of hydrogen-bond acceptors (Lipinski definition) is 5. The van der Waals surface area contributed by atoms with Crippen LogP contribution in [0.4, 0.5) is 20.6 Å². The summed E-state index contributed by atoms with van der Waals surface area (Å²) in [6.45, 7) is 5.58. The van der Waals surface area contributed by atoms with E-state index in [4.69, 9.17) is 4.74 Å². The molecule has 1 aliphatic carbocycles. The molecule has 1 atom stereocenters. The number of halogens is 1. The first kappa shape index (κ1) is 27.1. The number of anilines is 2. The highest BCUT2D eigenvalue weighted by Gasteiger charge is 2.48. The summed E-state index contributed by atoms with van der Waals surface area (Å²) in [5.41, 5.74) is 0.496. The summed E-state index contributed by atoms with van der Waals surface area (Å²) in [6, 6.07) is 3.56.